The number of carbonyl (C=O) groups is 1. The fourth-order valence-electron chi connectivity index (χ4n) is 1.89. The minimum atomic E-state index is -0.187. The zero-order valence-electron chi connectivity index (χ0n) is 8.64. The molecule has 4 nitrogen and oxygen atoms in total. The lowest BCUT2D eigenvalue weighted by molar-refractivity contribution is -0.142. The van der Waals surface area contributed by atoms with Crippen LogP contribution in [0.3, 0.4) is 0 Å². The summed E-state index contributed by atoms with van der Waals surface area (Å²) in [4.78, 5) is 15.6. The maximum absolute atomic E-state index is 11.3. The highest BCUT2D eigenvalue weighted by Crippen LogP contribution is 2.25. The van der Waals surface area contributed by atoms with Gasteiger partial charge in [-0.25, -0.2) is 0 Å². The minimum Gasteiger partial charge on any atom is -0.468 e. The number of nitrogens with zero attached hydrogens (tertiary/aromatic N) is 1. The Labute approximate surface area is 88.7 Å². The summed E-state index contributed by atoms with van der Waals surface area (Å²) in [7, 11) is 1.41. The lowest BCUT2D eigenvalue weighted by atomic mass is 10.1. The van der Waals surface area contributed by atoms with Crippen molar-refractivity contribution in [3.63, 3.8) is 0 Å². The van der Waals surface area contributed by atoms with Crippen molar-refractivity contribution in [1.82, 2.24) is 10.3 Å². The monoisotopic (exact) mass is 206 g/mol. The molecular weight excluding hydrogens is 192 g/mol. The highest BCUT2D eigenvalue weighted by Gasteiger charge is 2.30. The largest absolute Gasteiger partial charge is 0.468 e. The molecule has 1 aliphatic rings. The Morgan fingerprint density at radius 2 is 2.40 bits per heavy atom. The standard InChI is InChI=1S/C11H14N2O2/c1-15-11(14)10-6-5-9(13-10)8-4-2-3-7-12-8/h2-4,7,9-10,13H,5-6H2,1H3/t9-,10+/m1/s1. The summed E-state index contributed by atoms with van der Waals surface area (Å²) in [6.45, 7) is 0. The van der Waals surface area contributed by atoms with E-state index in [0.717, 1.165) is 18.5 Å². The Bertz CT molecular complexity index is 340. The highest BCUT2D eigenvalue weighted by atomic mass is 16.5. The zero-order chi connectivity index (χ0) is 10.7. The SMILES string of the molecule is COC(=O)[C@@H]1CC[C@H](c2ccccn2)N1. The van der Waals surface area contributed by atoms with E-state index in [1.165, 1.54) is 7.11 Å². The smallest absolute Gasteiger partial charge is 0.322 e. The molecule has 80 valence electrons. The van der Waals surface area contributed by atoms with Crippen LogP contribution in [0.2, 0.25) is 0 Å². The topological polar surface area (TPSA) is 51.2 Å². The van der Waals surface area contributed by atoms with Crippen molar-refractivity contribution in [2.75, 3.05) is 7.11 Å². The van der Waals surface area contributed by atoms with Crippen LogP contribution >= 0.6 is 0 Å². The second kappa shape index (κ2) is 4.40. The van der Waals surface area contributed by atoms with Crippen LogP contribution in [0.15, 0.2) is 24.4 Å². The number of esters is 1. The molecule has 4 heteroatoms. The highest BCUT2D eigenvalue weighted by molar-refractivity contribution is 5.76. The third kappa shape index (κ3) is 2.15. The molecule has 1 N–H and O–H groups in total. The average molecular weight is 206 g/mol. The number of aromatic nitrogens is 1. The molecule has 2 atom stereocenters. The van der Waals surface area contributed by atoms with Gasteiger partial charge in [-0.3, -0.25) is 15.1 Å². The zero-order valence-corrected chi connectivity index (χ0v) is 8.64. The van der Waals surface area contributed by atoms with E-state index in [-0.39, 0.29) is 18.1 Å². The van der Waals surface area contributed by atoms with Gasteiger partial charge in [-0.05, 0) is 25.0 Å². The van der Waals surface area contributed by atoms with Gasteiger partial charge in [0.15, 0.2) is 0 Å². The van der Waals surface area contributed by atoms with Crippen molar-refractivity contribution in [3.8, 4) is 0 Å². The summed E-state index contributed by atoms with van der Waals surface area (Å²) in [6, 6.07) is 5.81. The lowest BCUT2D eigenvalue weighted by Gasteiger charge is -2.11. The molecule has 2 heterocycles. The molecule has 1 aromatic rings. The van der Waals surface area contributed by atoms with E-state index in [9.17, 15) is 4.79 Å². The van der Waals surface area contributed by atoms with Gasteiger partial charge in [0.25, 0.3) is 0 Å². The van der Waals surface area contributed by atoms with E-state index < -0.39 is 0 Å². The molecular formula is C11H14N2O2. The second-order valence-electron chi connectivity index (χ2n) is 3.63. The maximum Gasteiger partial charge on any atom is 0.322 e. The van der Waals surface area contributed by atoms with Crippen LogP contribution in [-0.2, 0) is 9.53 Å². The molecule has 0 aromatic carbocycles. The fourth-order valence-corrected chi connectivity index (χ4v) is 1.89. The maximum atomic E-state index is 11.3. The van der Waals surface area contributed by atoms with E-state index in [1.54, 1.807) is 6.20 Å². The molecule has 0 spiro atoms. The summed E-state index contributed by atoms with van der Waals surface area (Å²) in [5.41, 5.74) is 0.990. The number of rotatable bonds is 2. The van der Waals surface area contributed by atoms with Crippen molar-refractivity contribution in [3.05, 3.63) is 30.1 Å². The number of pyridine rings is 1. The summed E-state index contributed by atoms with van der Waals surface area (Å²) >= 11 is 0. The van der Waals surface area contributed by atoms with Crippen LogP contribution in [0.4, 0.5) is 0 Å². The van der Waals surface area contributed by atoms with Crippen molar-refractivity contribution in [2.24, 2.45) is 0 Å². The van der Waals surface area contributed by atoms with Crippen LogP contribution in [0.5, 0.6) is 0 Å². The molecule has 0 saturated carbocycles. The second-order valence-corrected chi connectivity index (χ2v) is 3.63. The molecule has 1 saturated heterocycles. The first-order valence-corrected chi connectivity index (χ1v) is 5.06. The third-order valence-corrected chi connectivity index (χ3v) is 2.68. The number of carbonyl (C=O) groups excluding carboxylic acids is 1. The number of hydrogen-bond acceptors (Lipinski definition) is 4. The van der Waals surface area contributed by atoms with Gasteiger partial charge in [0.05, 0.1) is 18.8 Å². The first kappa shape index (κ1) is 10.1. The van der Waals surface area contributed by atoms with Gasteiger partial charge in [-0.1, -0.05) is 6.07 Å². The van der Waals surface area contributed by atoms with Gasteiger partial charge in [0.2, 0.25) is 0 Å². The molecule has 15 heavy (non-hydrogen) atoms. The lowest BCUT2D eigenvalue weighted by Crippen LogP contribution is -2.33. The normalized spacial score (nSPS) is 25.1. The number of hydrogen-bond donors (Lipinski definition) is 1. The van der Waals surface area contributed by atoms with E-state index in [2.05, 4.69) is 10.3 Å². The third-order valence-electron chi connectivity index (χ3n) is 2.68. The molecule has 0 aliphatic carbocycles. The molecule has 0 radical (unpaired) electrons. The molecule has 1 aliphatic heterocycles. The van der Waals surface area contributed by atoms with E-state index >= 15 is 0 Å². The summed E-state index contributed by atoms with van der Waals surface area (Å²) in [6.07, 6.45) is 3.51. The minimum absolute atomic E-state index is 0.176. The predicted molar refractivity (Wildman–Crippen MR) is 55.2 cm³/mol. The predicted octanol–water partition coefficient (Wildman–Crippen LogP) is 1.05. The van der Waals surface area contributed by atoms with Crippen LogP contribution in [0.1, 0.15) is 24.6 Å². The van der Waals surface area contributed by atoms with Gasteiger partial charge in [-0.15, -0.1) is 0 Å². The van der Waals surface area contributed by atoms with Crippen LogP contribution < -0.4 is 5.32 Å². The van der Waals surface area contributed by atoms with Gasteiger partial charge in [-0.2, -0.15) is 0 Å². The average Bonchev–Trinajstić information content (AvgIpc) is 2.78. The molecule has 0 amide bonds. The first-order valence-electron chi connectivity index (χ1n) is 5.06. The van der Waals surface area contributed by atoms with Crippen molar-refractivity contribution in [1.29, 1.82) is 0 Å². The van der Waals surface area contributed by atoms with E-state index in [4.69, 9.17) is 4.74 Å². The fraction of sp³-hybridized carbons (Fsp3) is 0.455. The number of nitrogens with one attached hydrogen (secondary N) is 1. The Morgan fingerprint density at radius 3 is 3.07 bits per heavy atom. The van der Waals surface area contributed by atoms with E-state index in [1.807, 2.05) is 18.2 Å². The Morgan fingerprint density at radius 1 is 1.53 bits per heavy atom. The summed E-state index contributed by atoms with van der Waals surface area (Å²) in [5.74, 6) is -0.187. The first-order chi connectivity index (χ1) is 7.31. The van der Waals surface area contributed by atoms with Crippen LogP contribution in [-0.4, -0.2) is 24.1 Å². The van der Waals surface area contributed by atoms with Crippen molar-refractivity contribution < 1.29 is 9.53 Å². The molecule has 1 aromatic heterocycles. The Kier molecular flexibility index (Phi) is 2.97. The van der Waals surface area contributed by atoms with Crippen molar-refractivity contribution in [2.45, 2.75) is 24.9 Å². The molecule has 0 bridgehead atoms. The van der Waals surface area contributed by atoms with Gasteiger partial charge >= 0.3 is 5.97 Å². The molecule has 1 fully saturated rings. The number of ether oxygens (including phenoxy) is 1. The van der Waals surface area contributed by atoms with Gasteiger partial charge < -0.3 is 4.74 Å². The quantitative estimate of drug-likeness (QED) is 0.735. The Balaban J connectivity index is 2.02. The summed E-state index contributed by atoms with van der Waals surface area (Å²) < 4.78 is 4.70. The van der Waals surface area contributed by atoms with Crippen LogP contribution in [0.25, 0.3) is 0 Å². The van der Waals surface area contributed by atoms with Crippen LogP contribution in [0, 0.1) is 0 Å². The number of methoxy groups -OCH3 is 1. The molecule has 2 rings (SSSR count). The van der Waals surface area contributed by atoms with Gasteiger partial charge in [0, 0.05) is 6.20 Å². The van der Waals surface area contributed by atoms with Gasteiger partial charge in [0.1, 0.15) is 6.04 Å². The van der Waals surface area contributed by atoms with Crippen molar-refractivity contribution >= 4 is 5.97 Å². The summed E-state index contributed by atoms with van der Waals surface area (Å²) in [5, 5.41) is 3.22. The Hall–Kier alpha value is -1.42. The molecule has 0 unspecified atom stereocenters. The van der Waals surface area contributed by atoms with E-state index in [0.29, 0.717) is 0 Å².